The summed E-state index contributed by atoms with van der Waals surface area (Å²) in [6.07, 6.45) is -3.39. The van der Waals surface area contributed by atoms with Crippen LogP contribution in [0.15, 0.2) is 47.6 Å². The molecular formula is C18H15F3N8O3. The number of hydrazone groups is 1. The minimum Gasteiger partial charge on any atom is -0.502 e. The van der Waals surface area contributed by atoms with E-state index < -0.39 is 28.1 Å². The van der Waals surface area contributed by atoms with Gasteiger partial charge in [-0.15, -0.1) is 0 Å². The molecule has 1 heterocycles. The van der Waals surface area contributed by atoms with Gasteiger partial charge in [-0.2, -0.15) is 33.2 Å². The number of para-hydroxylation sites is 1. The molecule has 0 aliphatic carbocycles. The van der Waals surface area contributed by atoms with Gasteiger partial charge in [-0.25, -0.2) is 5.43 Å². The number of alkyl halides is 3. The summed E-state index contributed by atoms with van der Waals surface area (Å²) in [5, 5.41) is 30.0. The molecule has 0 amide bonds. The summed E-state index contributed by atoms with van der Waals surface area (Å²) in [4.78, 5) is 22.2. The first-order valence-electron chi connectivity index (χ1n) is 8.81. The number of nitro benzene ring substituents is 1. The van der Waals surface area contributed by atoms with E-state index in [2.05, 4.69) is 36.1 Å². The lowest BCUT2D eigenvalue weighted by molar-refractivity contribution is -0.385. The molecule has 0 aliphatic heterocycles. The Morgan fingerprint density at radius 2 is 1.78 bits per heavy atom. The van der Waals surface area contributed by atoms with Crippen LogP contribution in [0.1, 0.15) is 11.1 Å². The molecule has 0 spiro atoms. The first kappa shape index (κ1) is 22.2. The van der Waals surface area contributed by atoms with Gasteiger partial charge in [-0.3, -0.25) is 10.1 Å². The number of phenols is 1. The first-order valence-corrected chi connectivity index (χ1v) is 8.81. The largest absolute Gasteiger partial charge is 0.502 e. The third-order valence-electron chi connectivity index (χ3n) is 3.92. The number of hydrogen-bond acceptors (Lipinski definition) is 10. The Hall–Kier alpha value is -4.49. The first-order chi connectivity index (χ1) is 15.2. The van der Waals surface area contributed by atoms with Crippen LogP contribution >= 0.6 is 0 Å². The molecular weight excluding hydrogens is 433 g/mol. The number of nitro groups is 1. The van der Waals surface area contributed by atoms with E-state index in [0.717, 1.165) is 24.4 Å². The highest BCUT2D eigenvalue weighted by Crippen LogP contribution is 2.31. The predicted molar refractivity (Wildman–Crippen MR) is 110 cm³/mol. The molecule has 11 nitrogen and oxygen atoms in total. The standard InChI is InChI=1S/C18H15F3N8O3/c1-22-15-25-16(24-12-6-3-5-11(8-12)18(19,20)21)27-17(26-15)28-23-9-10-4-2-7-13(14(10)30)29(31)32/h2-9,30H,1H3,(H3,22,24,25,26,27,28)/b23-9+. The number of halogens is 3. The SMILES string of the molecule is CNc1nc(N/N=C/c2cccc([N+](=O)[O-])c2O)nc(Nc2cccc(C(F)(F)F)c2)n1. The highest BCUT2D eigenvalue weighted by Gasteiger charge is 2.30. The molecule has 0 atom stereocenters. The molecule has 166 valence electrons. The summed E-state index contributed by atoms with van der Waals surface area (Å²) in [6.45, 7) is 0. The van der Waals surface area contributed by atoms with Crippen LogP contribution in [0.4, 0.5) is 42.4 Å². The lowest BCUT2D eigenvalue weighted by atomic mass is 10.2. The number of rotatable bonds is 7. The Morgan fingerprint density at radius 3 is 2.47 bits per heavy atom. The van der Waals surface area contributed by atoms with Crippen molar-refractivity contribution in [2.75, 3.05) is 23.1 Å². The molecule has 2 aromatic carbocycles. The number of phenolic OH excluding ortho intramolecular Hbond substituents is 1. The quantitative estimate of drug-likeness (QED) is 0.241. The van der Waals surface area contributed by atoms with Crippen LogP contribution in [0.25, 0.3) is 0 Å². The van der Waals surface area contributed by atoms with Crippen LogP contribution in [-0.2, 0) is 6.18 Å². The Kier molecular flexibility index (Phi) is 6.32. The van der Waals surface area contributed by atoms with Crippen LogP contribution in [0, 0.1) is 10.1 Å². The van der Waals surface area contributed by atoms with Crippen molar-refractivity contribution >= 4 is 35.4 Å². The Bertz CT molecular complexity index is 1170. The maximum atomic E-state index is 12.9. The van der Waals surface area contributed by atoms with Gasteiger partial charge in [0.15, 0.2) is 0 Å². The van der Waals surface area contributed by atoms with Gasteiger partial charge < -0.3 is 15.7 Å². The van der Waals surface area contributed by atoms with Crippen LogP contribution in [-0.4, -0.2) is 38.2 Å². The molecule has 0 aliphatic rings. The third-order valence-corrected chi connectivity index (χ3v) is 3.92. The fraction of sp³-hybridized carbons (Fsp3) is 0.111. The van der Waals surface area contributed by atoms with Crippen LogP contribution in [0.5, 0.6) is 5.75 Å². The lowest BCUT2D eigenvalue weighted by Gasteiger charge is -2.11. The maximum Gasteiger partial charge on any atom is 0.416 e. The minimum absolute atomic E-state index is 0.0666. The van der Waals surface area contributed by atoms with Crippen LogP contribution < -0.4 is 16.1 Å². The molecule has 3 aromatic rings. The van der Waals surface area contributed by atoms with E-state index in [9.17, 15) is 28.4 Å². The third kappa shape index (κ3) is 5.35. The van der Waals surface area contributed by atoms with Crippen molar-refractivity contribution in [1.29, 1.82) is 0 Å². The number of aromatic nitrogens is 3. The molecule has 0 saturated carbocycles. The molecule has 3 rings (SSSR count). The van der Waals surface area contributed by atoms with Gasteiger partial charge in [-0.1, -0.05) is 12.1 Å². The highest BCUT2D eigenvalue weighted by molar-refractivity contribution is 5.85. The zero-order chi connectivity index (χ0) is 23.3. The Labute approximate surface area is 178 Å². The van der Waals surface area contributed by atoms with Gasteiger partial charge in [0.05, 0.1) is 16.7 Å². The summed E-state index contributed by atoms with van der Waals surface area (Å²) >= 11 is 0. The summed E-state index contributed by atoms with van der Waals surface area (Å²) < 4.78 is 38.7. The number of nitrogens with one attached hydrogen (secondary N) is 3. The molecule has 0 radical (unpaired) electrons. The van der Waals surface area contributed by atoms with E-state index >= 15 is 0 Å². The van der Waals surface area contributed by atoms with Crippen LogP contribution in [0.3, 0.4) is 0 Å². The minimum atomic E-state index is -4.51. The molecule has 0 bridgehead atoms. The van der Waals surface area contributed by atoms with Crippen molar-refractivity contribution in [2.24, 2.45) is 5.10 Å². The van der Waals surface area contributed by atoms with E-state index in [1.807, 2.05) is 0 Å². The van der Waals surface area contributed by atoms with Gasteiger partial charge in [0.25, 0.3) is 0 Å². The van der Waals surface area contributed by atoms with E-state index in [4.69, 9.17) is 0 Å². The van der Waals surface area contributed by atoms with E-state index in [0.29, 0.717) is 0 Å². The molecule has 4 N–H and O–H groups in total. The molecule has 0 unspecified atom stereocenters. The van der Waals surface area contributed by atoms with Crippen molar-refractivity contribution in [3.63, 3.8) is 0 Å². The maximum absolute atomic E-state index is 12.9. The second-order valence-corrected chi connectivity index (χ2v) is 6.10. The smallest absolute Gasteiger partial charge is 0.416 e. The topological polar surface area (TPSA) is 150 Å². The predicted octanol–water partition coefficient (Wildman–Crippen LogP) is 3.74. The summed E-state index contributed by atoms with van der Waals surface area (Å²) in [5.41, 5.74) is 1.31. The molecule has 1 aromatic heterocycles. The number of benzene rings is 2. The molecule has 0 saturated heterocycles. The highest BCUT2D eigenvalue weighted by atomic mass is 19.4. The number of hydrogen-bond donors (Lipinski definition) is 4. The van der Waals surface area contributed by atoms with Crippen molar-refractivity contribution in [3.8, 4) is 5.75 Å². The van der Waals surface area contributed by atoms with Gasteiger partial charge >= 0.3 is 11.9 Å². The van der Waals surface area contributed by atoms with Crippen molar-refractivity contribution in [3.05, 3.63) is 63.7 Å². The average Bonchev–Trinajstić information content (AvgIpc) is 2.74. The van der Waals surface area contributed by atoms with Crippen molar-refractivity contribution < 1.29 is 23.2 Å². The fourth-order valence-corrected chi connectivity index (χ4v) is 2.46. The Balaban J connectivity index is 1.81. The number of aromatic hydroxyl groups is 1. The van der Waals surface area contributed by atoms with Gasteiger partial charge in [0.2, 0.25) is 23.6 Å². The number of nitrogens with zero attached hydrogens (tertiary/aromatic N) is 5. The van der Waals surface area contributed by atoms with E-state index in [1.165, 1.54) is 31.3 Å². The van der Waals surface area contributed by atoms with Crippen molar-refractivity contribution in [1.82, 2.24) is 15.0 Å². The van der Waals surface area contributed by atoms with Gasteiger partial charge in [0.1, 0.15) is 0 Å². The van der Waals surface area contributed by atoms with Gasteiger partial charge in [-0.05, 0) is 24.3 Å². The molecule has 0 fully saturated rings. The van der Waals surface area contributed by atoms with E-state index in [-0.39, 0.29) is 29.1 Å². The lowest BCUT2D eigenvalue weighted by Crippen LogP contribution is -2.08. The number of anilines is 4. The zero-order valence-corrected chi connectivity index (χ0v) is 16.3. The second kappa shape index (κ2) is 9.11. The monoisotopic (exact) mass is 448 g/mol. The fourth-order valence-electron chi connectivity index (χ4n) is 2.46. The normalized spacial score (nSPS) is 11.4. The summed E-state index contributed by atoms with van der Waals surface area (Å²) in [7, 11) is 1.53. The average molecular weight is 448 g/mol. The molecule has 14 heteroatoms. The van der Waals surface area contributed by atoms with Crippen LogP contribution in [0.2, 0.25) is 0 Å². The van der Waals surface area contributed by atoms with Gasteiger partial charge in [0, 0.05) is 24.4 Å². The zero-order valence-electron chi connectivity index (χ0n) is 16.3. The second-order valence-electron chi connectivity index (χ2n) is 6.10. The summed E-state index contributed by atoms with van der Waals surface area (Å²) in [6, 6.07) is 8.40. The van der Waals surface area contributed by atoms with E-state index in [1.54, 1.807) is 0 Å². The Morgan fingerprint density at radius 1 is 1.09 bits per heavy atom. The molecule has 32 heavy (non-hydrogen) atoms. The van der Waals surface area contributed by atoms with Crippen molar-refractivity contribution in [2.45, 2.75) is 6.18 Å². The summed E-state index contributed by atoms with van der Waals surface area (Å²) in [5.74, 6) is -0.633.